The van der Waals surface area contributed by atoms with Crippen LogP contribution in [-0.2, 0) is 9.59 Å². The van der Waals surface area contributed by atoms with Crippen molar-refractivity contribution in [2.45, 2.75) is 33.1 Å². The van der Waals surface area contributed by atoms with E-state index in [9.17, 15) is 19.8 Å². The van der Waals surface area contributed by atoms with Crippen LogP contribution in [0.15, 0.2) is 23.3 Å². The van der Waals surface area contributed by atoms with Gasteiger partial charge in [-0.05, 0) is 18.4 Å². The van der Waals surface area contributed by atoms with Crippen molar-refractivity contribution < 1.29 is 78.9 Å². The van der Waals surface area contributed by atoms with Gasteiger partial charge in [0.2, 0.25) is 0 Å². The molecule has 4 nitrogen and oxygen atoms in total. The minimum absolute atomic E-state index is 0. The number of hydrogen-bond acceptors (Lipinski definition) is 4. The molecule has 0 N–H and O–H groups in total. The Labute approximate surface area is 146 Å². The number of hydrogen-bond donors (Lipinski definition) is 0. The molecule has 17 heavy (non-hydrogen) atoms. The van der Waals surface area contributed by atoms with Crippen molar-refractivity contribution in [1.82, 2.24) is 0 Å². The number of carboxylic acids is 2. The standard InChI is InChI=1S/C11H16O4.2Na/c1-3-5-7-9(11(14)15)8(6-4-2)10(12)13;;/h5,7H,3-4,6H2,1-2H3,(H,12,13)(H,14,15);;/q;2*+1/p-2/b7-5+,9-8-;;. The van der Waals surface area contributed by atoms with Crippen LogP contribution in [0.5, 0.6) is 0 Å². The largest absolute Gasteiger partial charge is 1.00 e. The van der Waals surface area contributed by atoms with Crippen LogP contribution in [0.25, 0.3) is 0 Å². The average Bonchev–Trinajstić information content (AvgIpc) is 2.16. The summed E-state index contributed by atoms with van der Waals surface area (Å²) >= 11 is 0. The first-order valence-electron chi connectivity index (χ1n) is 4.86. The van der Waals surface area contributed by atoms with Gasteiger partial charge < -0.3 is 19.8 Å². The minimum Gasteiger partial charge on any atom is -0.545 e. The summed E-state index contributed by atoms with van der Waals surface area (Å²) in [5, 5.41) is 21.4. The maximum atomic E-state index is 10.7. The number of rotatable bonds is 6. The van der Waals surface area contributed by atoms with E-state index >= 15 is 0 Å². The molecule has 0 bridgehead atoms. The van der Waals surface area contributed by atoms with Crippen LogP contribution in [0.2, 0.25) is 0 Å². The molecule has 0 aromatic heterocycles. The Balaban J connectivity index is -0.000000980. The van der Waals surface area contributed by atoms with Crippen molar-refractivity contribution >= 4 is 11.9 Å². The zero-order chi connectivity index (χ0) is 11.8. The van der Waals surface area contributed by atoms with E-state index in [0.717, 1.165) is 0 Å². The fraction of sp³-hybridized carbons (Fsp3) is 0.455. The molecular formula is C11H14Na2O4. The summed E-state index contributed by atoms with van der Waals surface area (Å²) in [5.41, 5.74) is -0.499. The van der Waals surface area contributed by atoms with Gasteiger partial charge in [0.05, 0.1) is 11.9 Å². The van der Waals surface area contributed by atoms with Gasteiger partial charge in [-0.25, -0.2) is 0 Å². The predicted octanol–water partition coefficient (Wildman–Crippen LogP) is -6.44. The van der Waals surface area contributed by atoms with Gasteiger partial charge in [-0.2, -0.15) is 0 Å². The number of allylic oxidation sites excluding steroid dienone is 1. The van der Waals surface area contributed by atoms with Crippen molar-refractivity contribution in [1.29, 1.82) is 0 Å². The maximum Gasteiger partial charge on any atom is 1.00 e. The molecule has 0 saturated carbocycles. The molecule has 0 aliphatic heterocycles. The Morgan fingerprint density at radius 1 is 1.06 bits per heavy atom. The SMILES string of the molecule is CC/C=C/C(C(=O)[O-])=C(\CCC)C(=O)[O-].[Na+].[Na+]. The van der Waals surface area contributed by atoms with Crippen LogP contribution in [0.3, 0.4) is 0 Å². The summed E-state index contributed by atoms with van der Waals surface area (Å²) in [6.45, 7) is 3.58. The third-order valence-electron chi connectivity index (χ3n) is 1.81. The van der Waals surface area contributed by atoms with Gasteiger partial charge in [-0.1, -0.05) is 32.4 Å². The zero-order valence-electron chi connectivity index (χ0n) is 10.9. The fourth-order valence-corrected chi connectivity index (χ4v) is 1.12. The van der Waals surface area contributed by atoms with Crippen LogP contribution in [-0.4, -0.2) is 11.9 Å². The van der Waals surface area contributed by atoms with Crippen molar-refractivity contribution in [3.05, 3.63) is 23.3 Å². The third-order valence-corrected chi connectivity index (χ3v) is 1.81. The van der Waals surface area contributed by atoms with E-state index in [1.54, 1.807) is 13.0 Å². The molecule has 84 valence electrons. The molecule has 0 unspecified atom stereocenters. The van der Waals surface area contributed by atoms with E-state index < -0.39 is 11.9 Å². The van der Waals surface area contributed by atoms with Gasteiger partial charge >= 0.3 is 59.1 Å². The van der Waals surface area contributed by atoms with Crippen LogP contribution in [0, 0.1) is 0 Å². The molecule has 0 fully saturated rings. The molecule has 0 radical (unpaired) electrons. The number of carbonyl (C=O) groups excluding carboxylic acids is 2. The first-order chi connectivity index (χ1) is 7.04. The second-order valence-electron chi connectivity index (χ2n) is 3.03. The Morgan fingerprint density at radius 2 is 1.59 bits per heavy atom. The summed E-state index contributed by atoms with van der Waals surface area (Å²) < 4.78 is 0. The smallest absolute Gasteiger partial charge is 0.545 e. The Bertz CT molecular complexity index is 309. The van der Waals surface area contributed by atoms with Gasteiger partial charge in [0.1, 0.15) is 0 Å². The molecule has 0 spiro atoms. The predicted molar refractivity (Wildman–Crippen MR) is 51.4 cm³/mol. The zero-order valence-corrected chi connectivity index (χ0v) is 14.9. The maximum absolute atomic E-state index is 10.7. The Morgan fingerprint density at radius 3 is 1.88 bits per heavy atom. The van der Waals surface area contributed by atoms with E-state index in [2.05, 4.69) is 0 Å². The van der Waals surface area contributed by atoms with Gasteiger partial charge in [-0.15, -0.1) is 0 Å². The van der Waals surface area contributed by atoms with Gasteiger partial charge in [0.15, 0.2) is 0 Å². The van der Waals surface area contributed by atoms with Crippen LogP contribution in [0.4, 0.5) is 0 Å². The topological polar surface area (TPSA) is 80.3 Å². The fourth-order valence-electron chi connectivity index (χ4n) is 1.12. The Hall–Kier alpha value is 0.420. The molecule has 0 heterocycles. The normalized spacial score (nSPS) is 11.2. The van der Waals surface area contributed by atoms with E-state index in [0.29, 0.717) is 12.8 Å². The summed E-state index contributed by atoms with van der Waals surface area (Å²) in [6, 6.07) is 0. The van der Waals surface area contributed by atoms with Crippen LogP contribution in [0.1, 0.15) is 33.1 Å². The number of carboxylic acid groups (broad SMARTS) is 2. The minimum atomic E-state index is -1.48. The first-order valence-corrected chi connectivity index (χ1v) is 4.86. The molecule has 0 aliphatic rings. The number of carbonyl (C=O) groups is 2. The molecular weight excluding hydrogens is 242 g/mol. The second-order valence-corrected chi connectivity index (χ2v) is 3.03. The monoisotopic (exact) mass is 256 g/mol. The summed E-state index contributed by atoms with van der Waals surface area (Å²) in [7, 11) is 0. The van der Waals surface area contributed by atoms with Crippen molar-refractivity contribution in [2.24, 2.45) is 0 Å². The number of aliphatic carboxylic acids is 2. The van der Waals surface area contributed by atoms with Gasteiger partial charge in [-0.3, -0.25) is 0 Å². The molecule has 0 aromatic rings. The van der Waals surface area contributed by atoms with Gasteiger partial charge in [0.25, 0.3) is 0 Å². The molecule has 0 saturated heterocycles. The van der Waals surface area contributed by atoms with E-state index in [4.69, 9.17) is 0 Å². The van der Waals surface area contributed by atoms with E-state index in [-0.39, 0.29) is 76.7 Å². The Kier molecular flexibility index (Phi) is 17.1. The van der Waals surface area contributed by atoms with E-state index in [1.165, 1.54) is 6.08 Å². The quantitative estimate of drug-likeness (QED) is 0.269. The molecule has 6 heteroatoms. The summed E-state index contributed by atoms with van der Waals surface area (Å²) in [4.78, 5) is 21.4. The molecule has 0 aromatic carbocycles. The van der Waals surface area contributed by atoms with Crippen molar-refractivity contribution in [3.63, 3.8) is 0 Å². The van der Waals surface area contributed by atoms with Crippen molar-refractivity contribution in [3.8, 4) is 0 Å². The van der Waals surface area contributed by atoms with Gasteiger partial charge in [0, 0.05) is 5.57 Å². The second kappa shape index (κ2) is 12.9. The van der Waals surface area contributed by atoms with E-state index in [1.807, 2.05) is 6.92 Å². The third kappa shape index (κ3) is 9.05. The average molecular weight is 256 g/mol. The summed E-state index contributed by atoms with van der Waals surface area (Å²) in [6.07, 6.45) is 4.17. The molecule has 0 aliphatic carbocycles. The van der Waals surface area contributed by atoms with Crippen LogP contribution >= 0.6 is 0 Å². The molecule has 0 atom stereocenters. The summed E-state index contributed by atoms with van der Waals surface area (Å²) in [5.74, 6) is -2.93. The first kappa shape index (κ1) is 22.6. The van der Waals surface area contributed by atoms with Crippen LogP contribution < -0.4 is 69.3 Å². The molecule has 0 amide bonds. The molecule has 0 rings (SSSR count). The van der Waals surface area contributed by atoms with Crippen molar-refractivity contribution in [2.75, 3.05) is 0 Å².